The summed E-state index contributed by atoms with van der Waals surface area (Å²) in [5.41, 5.74) is 1.98. The Kier molecular flexibility index (Phi) is 5.90. The smallest absolute Gasteiger partial charge is 0.274 e. The Hall–Kier alpha value is -3.09. The molecule has 142 valence electrons. The molecule has 2 aromatic rings. The summed E-state index contributed by atoms with van der Waals surface area (Å²) in [5.74, 6) is 0.600. The summed E-state index contributed by atoms with van der Waals surface area (Å²) in [5, 5.41) is 2.85. The number of nitrogens with one attached hydrogen (secondary N) is 1. The van der Waals surface area contributed by atoms with Gasteiger partial charge in [0, 0.05) is 50.7 Å². The summed E-state index contributed by atoms with van der Waals surface area (Å²) in [4.78, 5) is 32.2. The number of piperazine rings is 1. The van der Waals surface area contributed by atoms with Crippen LogP contribution in [0.4, 0.5) is 11.4 Å². The summed E-state index contributed by atoms with van der Waals surface area (Å²) in [6.45, 7) is 6.96. The van der Waals surface area contributed by atoms with Gasteiger partial charge in [0.2, 0.25) is 5.91 Å². The minimum absolute atomic E-state index is 0.0970. The maximum Gasteiger partial charge on any atom is 0.274 e. The minimum Gasteiger partial charge on any atom is -0.494 e. The Labute approximate surface area is 158 Å². The van der Waals surface area contributed by atoms with Crippen molar-refractivity contribution in [2.75, 3.05) is 43.0 Å². The first kappa shape index (κ1) is 18.7. The van der Waals surface area contributed by atoms with E-state index in [1.165, 1.54) is 0 Å². The van der Waals surface area contributed by atoms with Crippen LogP contribution in [0.15, 0.2) is 42.6 Å². The molecular weight excluding hydrogens is 344 g/mol. The molecule has 1 N–H and O–H groups in total. The molecule has 1 fully saturated rings. The fraction of sp³-hybridized carbons (Fsp3) is 0.350. The standard InChI is InChI=1S/C20H24N4O3/c1-3-27-18-6-4-16(5-7-18)22-20(26)19-14-17(8-9-21-19)24-12-10-23(11-13-24)15(2)25/h4-9,14H,3,10-13H2,1-2H3,(H,22,26). The molecule has 2 heterocycles. The average Bonchev–Trinajstić information content (AvgIpc) is 2.70. The summed E-state index contributed by atoms with van der Waals surface area (Å²) in [7, 11) is 0. The number of aromatic nitrogens is 1. The van der Waals surface area contributed by atoms with Crippen LogP contribution in [0.5, 0.6) is 5.75 Å². The maximum atomic E-state index is 12.5. The van der Waals surface area contributed by atoms with Crippen molar-refractivity contribution < 1.29 is 14.3 Å². The van der Waals surface area contributed by atoms with Gasteiger partial charge >= 0.3 is 0 Å². The minimum atomic E-state index is -0.261. The van der Waals surface area contributed by atoms with E-state index in [-0.39, 0.29) is 11.8 Å². The number of ether oxygens (including phenoxy) is 1. The predicted octanol–water partition coefficient (Wildman–Crippen LogP) is 2.40. The number of hydrogen-bond donors (Lipinski definition) is 1. The van der Waals surface area contributed by atoms with Crippen molar-refractivity contribution >= 4 is 23.2 Å². The SMILES string of the molecule is CCOc1ccc(NC(=O)c2cc(N3CCN(C(C)=O)CC3)ccn2)cc1. The third-order valence-electron chi connectivity index (χ3n) is 4.49. The van der Waals surface area contributed by atoms with Crippen LogP contribution in [0.3, 0.4) is 0 Å². The lowest BCUT2D eigenvalue weighted by Gasteiger charge is -2.35. The number of amides is 2. The molecule has 0 bridgehead atoms. The molecule has 0 atom stereocenters. The zero-order valence-electron chi connectivity index (χ0n) is 15.6. The number of benzene rings is 1. The zero-order chi connectivity index (χ0) is 19.2. The lowest BCUT2D eigenvalue weighted by molar-refractivity contribution is -0.129. The van der Waals surface area contributed by atoms with Crippen molar-refractivity contribution in [2.24, 2.45) is 0 Å². The highest BCUT2D eigenvalue weighted by Gasteiger charge is 2.19. The summed E-state index contributed by atoms with van der Waals surface area (Å²) in [6, 6.07) is 10.9. The van der Waals surface area contributed by atoms with E-state index in [0.717, 1.165) is 24.5 Å². The van der Waals surface area contributed by atoms with E-state index < -0.39 is 0 Å². The van der Waals surface area contributed by atoms with Gasteiger partial charge in [-0.25, -0.2) is 0 Å². The number of rotatable bonds is 5. The number of carbonyl (C=O) groups is 2. The molecule has 0 saturated carbocycles. The van der Waals surface area contributed by atoms with E-state index >= 15 is 0 Å². The van der Waals surface area contributed by atoms with Crippen LogP contribution >= 0.6 is 0 Å². The van der Waals surface area contributed by atoms with Gasteiger partial charge in [-0.05, 0) is 43.3 Å². The highest BCUT2D eigenvalue weighted by Crippen LogP contribution is 2.19. The van der Waals surface area contributed by atoms with Gasteiger partial charge in [0.1, 0.15) is 11.4 Å². The van der Waals surface area contributed by atoms with Gasteiger partial charge < -0.3 is 19.9 Å². The molecule has 1 saturated heterocycles. The average molecular weight is 368 g/mol. The molecular formula is C20H24N4O3. The van der Waals surface area contributed by atoms with E-state index in [4.69, 9.17) is 4.74 Å². The molecule has 0 aliphatic carbocycles. The molecule has 0 spiro atoms. The second-order valence-corrected chi connectivity index (χ2v) is 6.30. The first-order chi connectivity index (χ1) is 13.1. The van der Waals surface area contributed by atoms with Crippen LogP contribution in [-0.2, 0) is 4.79 Å². The van der Waals surface area contributed by atoms with Crippen molar-refractivity contribution in [2.45, 2.75) is 13.8 Å². The van der Waals surface area contributed by atoms with Crippen LogP contribution in [0.1, 0.15) is 24.3 Å². The van der Waals surface area contributed by atoms with E-state index in [1.54, 1.807) is 31.3 Å². The van der Waals surface area contributed by atoms with Crippen LogP contribution in [0.2, 0.25) is 0 Å². The highest BCUT2D eigenvalue weighted by atomic mass is 16.5. The third-order valence-corrected chi connectivity index (χ3v) is 4.49. The third kappa shape index (κ3) is 4.75. The molecule has 1 aromatic heterocycles. The molecule has 2 amide bonds. The van der Waals surface area contributed by atoms with Crippen molar-refractivity contribution in [3.05, 3.63) is 48.3 Å². The lowest BCUT2D eigenvalue weighted by Crippen LogP contribution is -2.48. The van der Waals surface area contributed by atoms with Crippen molar-refractivity contribution in [3.8, 4) is 5.75 Å². The van der Waals surface area contributed by atoms with Gasteiger partial charge in [0.15, 0.2) is 0 Å². The second-order valence-electron chi connectivity index (χ2n) is 6.30. The molecule has 0 radical (unpaired) electrons. The topological polar surface area (TPSA) is 74.8 Å². The van der Waals surface area contributed by atoms with E-state index in [9.17, 15) is 9.59 Å². The fourth-order valence-electron chi connectivity index (χ4n) is 3.02. The van der Waals surface area contributed by atoms with Crippen LogP contribution < -0.4 is 15.0 Å². The molecule has 27 heavy (non-hydrogen) atoms. The second kappa shape index (κ2) is 8.53. The molecule has 3 rings (SSSR count). The zero-order valence-corrected chi connectivity index (χ0v) is 15.6. The Morgan fingerprint density at radius 3 is 2.44 bits per heavy atom. The summed E-state index contributed by atoms with van der Waals surface area (Å²) in [6.07, 6.45) is 1.64. The highest BCUT2D eigenvalue weighted by molar-refractivity contribution is 6.03. The number of hydrogen-bond acceptors (Lipinski definition) is 5. The molecule has 1 aliphatic heterocycles. The summed E-state index contributed by atoms with van der Waals surface area (Å²) >= 11 is 0. The van der Waals surface area contributed by atoms with E-state index in [2.05, 4.69) is 15.2 Å². The number of anilines is 2. The van der Waals surface area contributed by atoms with Gasteiger partial charge in [-0.1, -0.05) is 0 Å². The first-order valence-electron chi connectivity index (χ1n) is 9.07. The number of pyridine rings is 1. The lowest BCUT2D eigenvalue weighted by atomic mass is 10.2. The van der Waals surface area contributed by atoms with Crippen molar-refractivity contribution in [3.63, 3.8) is 0 Å². The Morgan fingerprint density at radius 1 is 1.11 bits per heavy atom. The van der Waals surface area contributed by atoms with Gasteiger partial charge in [0.25, 0.3) is 5.91 Å². The van der Waals surface area contributed by atoms with Crippen molar-refractivity contribution in [1.82, 2.24) is 9.88 Å². The van der Waals surface area contributed by atoms with Crippen LogP contribution in [-0.4, -0.2) is 54.5 Å². The van der Waals surface area contributed by atoms with Gasteiger partial charge in [-0.15, -0.1) is 0 Å². The Balaban J connectivity index is 1.64. The maximum absolute atomic E-state index is 12.5. The number of carbonyl (C=O) groups excluding carboxylic acids is 2. The molecule has 0 unspecified atom stereocenters. The van der Waals surface area contributed by atoms with Crippen LogP contribution in [0, 0.1) is 0 Å². The molecule has 1 aromatic carbocycles. The predicted molar refractivity (Wildman–Crippen MR) is 104 cm³/mol. The Morgan fingerprint density at radius 2 is 1.81 bits per heavy atom. The van der Waals surface area contributed by atoms with Crippen molar-refractivity contribution in [1.29, 1.82) is 0 Å². The first-order valence-corrected chi connectivity index (χ1v) is 9.07. The number of nitrogens with zero attached hydrogens (tertiary/aromatic N) is 3. The fourth-order valence-corrected chi connectivity index (χ4v) is 3.02. The monoisotopic (exact) mass is 368 g/mol. The molecule has 7 nitrogen and oxygen atoms in total. The molecule has 7 heteroatoms. The molecule has 1 aliphatic rings. The van der Waals surface area contributed by atoms with Crippen LogP contribution in [0.25, 0.3) is 0 Å². The van der Waals surface area contributed by atoms with E-state index in [1.807, 2.05) is 30.0 Å². The van der Waals surface area contributed by atoms with Gasteiger partial charge in [0.05, 0.1) is 6.61 Å². The van der Waals surface area contributed by atoms with Gasteiger partial charge in [-0.2, -0.15) is 0 Å². The quantitative estimate of drug-likeness (QED) is 0.877. The van der Waals surface area contributed by atoms with Gasteiger partial charge in [-0.3, -0.25) is 14.6 Å². The van der Waals surface area contributed by atoms with E-state index in [0.29, 0.717) is 31.1 Å². The Bertz CT molecular complexity index is 799. The largest absolute Gasteiger partial charge is 0.494 e. The summed E-state index contributed by atoms with van der Waals surface area (Å²) < 4.78 is 5.40. The normalized spacial score (nSPS) is 14.0.